The van der Waals surface area contributed by atoms with Crippen molar-refractivity contribution in [3.63, 3.8) is 0 Å². The number of halogens is 8. The van der Waals surface area contributed by atoms with Crippen LogP contribution in [0.25, 0.3) is 144 Å². The number of amides is 1. The number of carbonyl (C=O) groups is 1. The largest absolute Gasteiger partial charge is 0.496 e. The summed E-state index contributed by atoms with van der Waals surface area (Å²) in [6, 6.07) is 62.3. The summed E-state index contributed by atoms with van der Waals surface area (Å²) in [6.07, 6.45) is 4.28. The topological polar surface area (TPSA) is 345 Å². The Balaban J connectivity index is 0.000000125. The second-order valence-corrected chi connectivity index (χ2v) is 36.6. The van der Waals surface area contributed by atoms with E-state index in [9.17, 15) is 63.0 Å². The number of alkyl halides is 6. The fraction of sp³-hybridized carbons (Fsp3) is 0.193. The predicted molar refractivity (Wildman–Crippen MR) is 547 cm³/mol. The van der Waals surface area contributed by atoms with Crippen LogP contribution in [-0.2, 0) is 43.3 Å². The van der Waals surface area contributed by atoms with Crippen LogP contribution in [0.15, 0.2) is 295 Å². The molecule has 0 bridgehead atoms. The van der Waals surface area contributed by atoms with E-state index in [0.29, 0.717) is 124 Å². The Kier molecular flexibility index (Phi) is 28.1. The van der Waals surface area contributed by atoms with E-state index >= 15 is 0 Å². The first-order valence-electron chi connectivity index (χ1n) is 46.7. The minimum atomic E-state index is -4.67. The normalized spacial score (nSPS) is 14.6. The number of morpholine rings is 2. The van der Waals surface area contributed by atoms with E-state index < -0.39 is 61.2 Å². The summed E-state index contributed by atoms with van der Waals surface area (Å²) in [6.45, 7) is 11.3. The molecular formula is C109H91F8N19O10S. The molecule has 1 amide bonds. The number of piperazine rings is 1. The number of ether oxygens (including phenoxy) is 4. The molecule has 0 saturated carbocycles. The first-order valence-corrected chi connectivity index (χ1v) is 48.2. The molecule has 3 fully saturated rings. The molecule has 19 aromatic rings. The number of aliphatic hydroxyl groups is 1. The van der Waals surface area contributed by atoms with Gasteiger partial charge in [-0.1, -0.05) is 49.4 Å². The van der Waals surface area contributed by atoms with Crippen molar-refractivity contribution in [1.82, 2.24) is 69.1 Å². The first kappa shape index (κ1) is 98.8. The van der Waals surface area contributed by atoms with Gasteiger partial charge in [-0.05, 0) is 206 Å². The van der Waals surface area contributed by atoms with Gasteiger partial charge in [0.2, 0.25) is 17.7 Å². The van der Waals surface area contributed by atoms with Crippen molar-refractivity contribution in [2.75, 3.05) is 105 Å². The maximum absolute atomic E-state index is 14.6. The second kappa shape index (κ2) is 41.8. The molecule has 22 rings (SSSR count). The predicted octanol–water partition coefficient (Wildman–Crippen LogP) is 19.5. The van der Waals surface area contributed by atoms with Crippen LogP contribution >= 0.6 is 0 Å². The number of sulfonamides is 1. The van der Waals surface area contributed by atoms with Gasteiger partial charge >= 0.3 is 12.4 Å². The van der Waals surface area contributed by atoms with Crippen molar-refractivity contribution in [3.8, 4) is 78.8 Å². The molecule has 0 unspecified atom stereocenters. The molecule has 14 heterocycles. The van der Waals surface area contributed by atoms with Crippen LogP contribution in [0.4, 0.5) is 64.1 Å². The van der Waals surface area contributed by atoms with Crippen molar-refractivity contribution < 1.29 is 72.4 Å². The zero-order valence-corrected chi connectivity index (χ0v) is 80.2. The zero-order chi connectivity index (χ0) is 103. The average Bonchev–Trinajstić information content (AvgIpc) is 0.746. The van der Waals surface area contributed by atoms with Gasteiger partial charge in [0.15, 0.2) is 5.65 Å². The van der Waals surface area contributed by atoms with Crippen LogP contribution in [0, 0.1) is 11.6 Å². The molecule has 0 radical (unpaired) electrons. The quantitative estimate of drug-likeness (QED) is 0.0563. The number of benzene rings is 8. The number of fused-ring (bicyclic) bond motifs is 9. The molecule has 38 heteroatoms. The Morgan fingerprint density at radius 2 is 1.14 bits per heavy atom. The van der Waals surface area contributed by atoms with Crippen LogP contribution < -0.4 is 45.7 Å². The number of hydrogen-bond acceptors (Lipinski definition) is 25. The Labute approximate surface area is 834 Å². The van der Waals surface area contributed by atoms with Crippen LogP contribution in [0.1, 0.15) is 43.9 Å². The Bertz CT molecular complexity index is 8530. The highest BCUT2D eigenvalue weighted by Gasteiger charge is 2.38. The van der Waals surface area contributed by atoms with Gasteiger partial charge in [0.25, 0.3) is 21.1 Å². The standard InChI is InChI=1S/C35H28F3N5O2.C25H17F2N5O3S.C25H31N5O4.C24H15F3N4O/c1-2-32(44)42-15-13-41(14-16-42)31-11-9-26(19-28(31)35(36,37)38)43-33(45)12-8-24-20-40-30-10-7-22(18-27(30)34(24)43)25-17-23-5-3-4-6-29(23)39-21-25;1-35-25-23(32-36(33,34)24-5-3-18(26)12-21(24)27)11-17(13-29-25)15-2-4-22-20(10-15)19(7-8-28-22)16-6-9-30-31-14-16;1-16-14-33-10-8-29(16)24-20-5-6-21(18-4-7-22(32-3)19(12-18)13-31)26-23(20)27-25(28-24)30-9-11-34-15-17(30)2;25-24(26,27)17-2-1-3-18(11-17)31-22(32)9-6-16-13-29-20-7-4-14(10-19(20)23(16)31)15-5-8-21(28)30-12-15/h3-12,17-21H,2,13-16H2,1H3;2-14,32H,1H3;4-7,12,16-17,31H,8-11,13-15H2,1-3H3;1-13H,(H2,28,30)/t;;16-,17-;/m..0./s1. The van der Waals surface area contributed by atoms with E-state index in [2.05, 4.69) is 68.5 Å². The molecule has 2 atom stereocenters. The molecular weight excluding hydrogens is 1920 g/mol. The Morgan fingerprint density at radius 1 is 0.510 bits per heavy atom. The lowest BCUT2D eigenvalue weighted by Gasteiger charge is -2.37. The van der Waals surface area contributed by atoms with Crippen LogP contribution in [0.2, 0.25) is 0 Å². The molecule has 3 aliphatic rings. The number of nitrogens with zero attached hydrogens (tertiary/aromatic N) is 17. The number of rotatable bonds is 17. The van der Waals surface area contributed by atoms with Crippen LogP contribution in [0.5, 0.6) is 11.6 Å². The SMILES string of the molecule is CCC(=O)N1CCN(c2ccc(-n3c(=O)ccc4cnc5ccc(-c6cnc7ccccc7c6)cc5c43)cc2C(F)(F)F)CC1.COc1ccc(-c2ccc3c(N4CCOC[C@@H]4C)nc(N4CCOC[C@@H]4C)nc3n2)cc1CO.COc1ncc(-c2ccc3nccc(-c4ccnnc4)c3c2)cc1NS(=O)(=O)c1ccc(F)cc1F.Nc1ccc(-c2ccc3ncc4ccc(=O)n(-c5cccc(C(F)(F)F)c5)c4c3c2)cn1. The van der Waals surface area contributed by atoms with Gasteiger partial charge in [0.1, 0.15) is 39.6 Å². The van der Waals surface area contributed by atoms with Crippen molar-refractivity contribution >= 4 is 121 Å². The summed E-state index contributed by atoms with van der Waals surface area (Å²) in [4.78, 5) is 86.8. The van der Waals surface area contributed by atoms with Crippen LogP contribution in [0.3, 0.4) is 0 Å². The van der Waals surface area contributed by atoms with E-state index in [-0.39, 0.29) is 66.3 Å². The first-order chi connectivity index (χ1) is 71.0. The number of pyridine rings is 9. The van der Waals surface area contributed by atoms with Gasteiger partial charge in [0, 0.05) is 178 Å². The Hall–Kier alpha value is -17.0. The lowest BCUT2D eigenvalue weighted by molar-refractivity contribution is -0.138. The number of carbonyl (C=O) groups excluding carboxylic acids is 1. The highest BCUT2D eigenvalue weighted by atomic mass is 32.2. The molecule has 0 spiro atoms. The summed E-state index contributed by atoms with van der Waals surface area (Å²) >= 11 is 0. The van der Waals surface area contributed by atoms with E-state index in [0.717, 1.165) is 132 Å². The fourth-order valence-corrected chi connectivity index (χ4v) is 19.4. The lowest BCUT2D eigenvalue weighted by atomic mass is 9.99. The highest BCUT2D eigenvalue weighted by molar-refractivity contribution is 7.92. The third kappa shape index (κ3) is 20.8. The van der Waals surface area contributed by atoms with E-state index in [1.807, 2.05) is 127 Å². The van der Waals surface area contributed by atoms with Gasteiger partial charge in [-0.2, -0.15) is 46.5 Å². The van der Waals surface area contributed by atoms with Gasteiger partial charge in [-0.25, -0.2) is 32.2 Å². The van der Waals surface area contributed by atoms with E-state index in [1.54, 1.807) is 97.5 Å². The van der Waals surface area contributed by atoms with E-state index in [1.165, 1.54) is 58.8 Å². The van der Waals surface area contributed by atoms with Crippen LogP contribution in [-0.4, -0.2) is 181 Å². The third-order valence-corrected chi connectivity index (χ3v) is 27.1. The number of para-hydroxylation sites is 1. The monoisotopic (exact) mass is 2010 g/mol. The van der Waals surface area contributed by atoms with Gasteiger partial charge in [0.05, 0.1) is 133 Å². The molecule has 4 N–H and O–H groups in total. The average molecular weight is 2010 g/mol. The molecule has 3 aliphatic heterocycles. The number of nitrogen functional groups attached to an aromatic ring is 1. The second-order valence-electron chi connectivity index (χ2n) is 35.0. The number of methoxy groups -OCH3 is 2. The van der Waals surface area contributed by atoms with Gasteiger partial charge in [-0.3, -0.25) is 48.2 Å². The Morgan fingerprint density at radius 3 is 1.78 bits per heavy atom. The summed E-state index contributed by atoms with van der Waals surface area (Å²) in [7, 11) is -1.48. The molecule has 11 aromatic heterocycles. The molecule has 3 saturated heterocycles. The van der Waals surface area contributed by atoms with Crippen molar-refractivity contribution in [2.45, 2.75) is 63.1 Å². The number of anilines is 5. The fourth-order valence-electron chi connectivity index (χ4n) is 18.3. The van der Waals surface area contributed by atoms with Crippen molar-refractivity contribution in [3.05, 3.63) is 329 Å². The molecule has 147 heavy (non-hydrogen) atoms. The molecule has 0 aliphatic carbocycles. The van der Waals surface area contributed by atoms with E-state index in [4.69, 9.17) is 39.6 Å². The molecule has 8 aromatic carbocycles. The number of aliphatic hydroxyl groups excluding tert-OH is 1. The number of nitrogens with one attached hydrogen (secondary N) is 1. The third-order valence-electron chi connectivity index (χ3n) is 25.7. The van der Waals surface area contributed by atoms with Crippen molar-refractivity contribution in [2.24, 2.45) is 0 Å². The zero-order valence-electron chi connectivity index (χ0n) is 79.4. The minimum Gasteiger partial charge on any atom is -0.496 e. The molecule has 29 nitrogen and oxygen atoms in total. The summed E-state index contributed by atoms with van der Waals surface area (Å²) in [5.41, 5.74) is 16.5. The van der Waals surface area contributed by atoms with Gasteiger partial charge < -0.3 is 49.4 Å². The number of aromatic nitrogens is 13. The van der Waals surface area contributed by atoms with Gasteiger partial charge in [-0.15, -0.1) is 0 Å². The van der Waals surface area contributed by atoms with Crippen molar-refractivity contribution in [1.29, 1.82) is 0 Å². The summed E-state index contributed by atoms with van der Waals surface area (Å²) in [5, 5.41) is 22.7. The lowest BCUT2D eigenvalue weighted by Crippen LogP contribution is -2.49. The maximum Gasteiger partial charge on any atom is 0.418 e. The number of nitrogens with two attached hydrogens (primary N) is 1. The molecule has 744 valence electrons. The minimum absolute atomic E-state index is 0.0106. The maximum atomic E-state index is 14.6. The summed E-state index contributed by atoms with van der Waals surface area (Å²) in [5.74, 6) is 0.466. The highest BCUT2D eigenvalue weighted by Crippen LogP contribution is 2.43. The smallest absolute Gasteiger partial charge is 0.418 e. The number of hydrogen-bond donors (Lipinski definition) is 3. The summed E-state index contributed by atoms with van der Waals surface area (Å²) < 4.78 is 164.